The van der Waals surface area contributed by atoms with E-state index in [1.807, 2.05) is 49.6 Å². The van der Waals surface area contributed by atoms with Crippen molar-refractivity contribution in [1.29, 1.82) is 0 Å². The second-order valence-electron chi connectivity index (χ2n) is 9.15. The number of hydrogen-bond donors (Lipinski definition) is 0. The summed E-state index contributed by atoms with van der Waals surface area (Å²) in [5.74, 6) is -0.345. The van der Waals surface area contributed by atoms with Gasteiger partial charge >= 0.3 is 0 Å². The monoisotopic (exact) mass is 512 g/mol. The van der Waals surface area contributed by atoms with Crippen LogP contribution in [0, 0.1) is 26.6 Å². The fourth-order valence-electron chi connectivity index (χ4n) is 4.85. The van der Waals surface area contributed by atoms with Crippen molar-refractivity contribution in [2.75, 3.05) is 7.11 Å². The lowest BCUT2D eigenvalue weighted by Gasteiger charge is -2.20. The highest BCUT2D eigenvalue weighted by molar-refractivity contribution is 7.80. The van der Waals surface area contributed by atoms with E-state index in [1.165, 1.54) is 12.1 Å². The van der Waals surface area contributed by atoms with Gasteiger partial charge < -0.3 is 9.30 Å². The van der Waals surface area contributed by atoms with Crippen LogP contribution in [0.5, 0.6) is 5.75 Å². The zero-order valence-corrected chi connectivity index (χ0v) is 21.8. The molecule has 0 N–H and O–H groups in total. The summed E-state index contributed by atoms with van der Waals surface area (Å²) < 4.78 is 21.5. The number of nitrogens with zero attached hydrogens (tertiary/aromatic N) is 2. The standard InChI is InChI=1S/C30H25FN2O3S/c1-17-6-5-7-24-27(17)29(35)32(30(24)37)16-22-14-18(2)19(3)33(22)26-13-10-21(31)15-25(26)28(34)20-8-11-23(36-4)12-9-20/h5-15H,16H2,1-4H3. The van der Waals surface area contributed by atoms with Crippen LogP contribution in [0.2, 0.25) is 0 Å². The Morgan fingerprint density at radius 1 is 0.973 bits per heavy atom. The van der Waals surface area contributed by atoms with Crippen LogP contribution >= 0.6 is 12.2 Å². The Hall–Kier alpha value is -4.10. The molecule has 0 bridgehead atoms. The molecule has 4 aromatic rings. The molecule has 0 atom stereocenters. The van der Waals surface area contributed by atoms with Crippen molar-refractivity contribution >= 4 is 28.9 Å². The molecule has 1 amide bonds. The minimum absolute atomic E-state index is 0.144. The Bertz CT molecular complexity index is 1590. The summed E-state index contributed by atoms with van der Waals surface area (Å²) in [6, 6.07) is 18.5. The van der Waals surface area contributed by atoms with Crippen molar-refractivity contribution in [3.8, 4) is 11.4 Å². The van der Waals surface area contributed by atoms with Crippen LogP contribution in [0.3, 0.4) is 0 Å². The second-order valence-corrected chi connectivity index (χ2v) is 9.54. The molecule has 3 aromatic carbocycles. The number of benzene rings is 3. The normalized spacial score (nSPS) is 12.7. The maximum absolute atomic E-state index is 14.4. The summed E-state index contributed by atoms with van der Waals surface area (Å²) in [5.41, 5.74) is 6.06. The first kappa shape index (κ1) is 24.6. The summed E-state index contributed by atoms with van der Waals surface area (Å²) >= 11 is 5.68. The Kier molecular flexibility index (Phi) is 6.25. The third-order valence-corrected chi connectivity index (χ3v) is 7.34. The number of thiocarbonyl (C=S) groups is 1. The molecule has 0 saturated carbocycles. The number of aromatic nitrogens is 1. The Morgan fingerprint density at radius 3 is 2.38 bits per heavy atom. The molecule has 1 aromatic heterocycles. The smallest absolute Gasteiger partial charge is 0.260 e. The maximum atomic E-state index is 14.4. The second kappa shape index (κ2) is 9.41. The largest absolute Gasteiger partial charge is 0.497 e. The van der Waals surface area contributed by atoms with E-state index in [0.717, 1.165) is 28.1 Å². The fraction of sp³-hybridized carbons (Fsp3) is 0.167. The minimum Gasteiger partial charge on any atom is -0.497 e. The molecular formula is C30H25FN2O3S. The van der Waals surface area contributed by atoms with Crippen molar-refractivity contribution in [2.24, 2.45) is 0 Å². The lowest BCUT2D eigenvalue weighted by molar-refractivity contribution is 0.0852. The number of aryl methyl sites for hydroxylation is 2. The Balaban J connectivity index is 1.59. The molecule has 7 heteroatoms. The van der Waals surface area contributed by atoms with Gasteiger partial charge in [0.25, 0.3) is 5.91 Å². The van der Waals surface area contributed by atoms with Gasteiger partial charge in [-0.15, -0.1) is 0 Å². The van der Waals surface area contributed by atoms with Gasteiger partial charge in [0, 0.05) is 28.1 Å². The predicted molar refractivity (Wildman–Crippen MR) is 144 cm³/mol. The summed E-state index contributed by atoms with van der Waals surface area (Å²) in [4.78, 5) is 29.0. The molecule has 0 spiro atoms. The first-order valence-electron chi connectivity index (χ1n) is 11.8. The lowest BCUT2D eigenvalue weighted by atomic mass is 10.0. The predicted octanol–water partition coefficient (Wildman–Crippen LogP) is 6.11. The van der Waals surface area contributed by atoms with Gasteiger partial charge in [0.1, 0.15) is 16.6 Å². The number of fused-ring (bicyclic) bond motifs is 1. The number of ketones is 1. The van der Waals surface area contributed by atoms with Gasteiger partial charge in [-0.2, -0.15) is 0 Å². The number of rotatable bonds is 6. The molecule has 0 saturated heterocycles. The van der Waals surface area contributed by atoms with E-state index in [4.69, 9.17) is 17.0 Å². The topological polar surface area (TPSA) is 51.5 Å². The van der Waals surface area contributed by atoms with E-state index in [1.54, 1.807) is 42.3 Å². The average Bonchev–Trinajstić information content (AvgIpc) is 3.31. The third kappa shape index (κ3) is 4.15. The van der Waals surface area contributed by atoms with Crippen LogP contribution in [0.1, 0.15) is 54.4 Å². The number of ether oxygens (including phenoxy) is 1. The van der Waals surface area contributed by atoms with Crippen molar-refractivity contribution < 1.29 is 18.7 Å². The number of amides is 1. The van der Waals surface area contributed by atoms with Gasteiger partial charge in [-0.3, -0.25) is 14.5 Å². The highest BCUT2D eigenvalue weighted by Crippen LogP contribution is 2.31. The van der Waals surface area contributed by atoms with E-state index in [0.29, 0.717) is 27.6 Å². The highest BCUT2D eigenvalue weighted by atomic mass is 32.1. The van der Waals surface area contributed by atoms with Crippen molar-refractivity contribution in [1.82, 2.24) is 9.47 Å². The van der Waals surface area contributed by atoms with E-state index in [9.17, 15) is 14.0 Å². The number of carbonyl (C=O) groups is 2. The van der Waals surface area contributed by atoms with E-state index >= 15 is 0 Å². The summed E-state index contributed by atoms with van der Waals surface area (Å²) in [5, 5.41) is 0. The highest BCUT2D eigenvalue weighted by Gasteiger charge is 2.34. The molecular weight excluding hydrogens is 487 g/mol. The van der Waals surface area contributed by atoms with Crippen LogP contribution in [-0.4, -0.2) is 33.3 Å². The molecule has 0 fully saturated rings. The summed E-state index contributed by atoms with van der Waals surface area (Å²) in [6.45, 7) is 6.02. The SMILES string of the molecule is COc1ccc(C(=O)c2cc(F)ccc2-n2c(CN3C(=O)c4c(C)cccc4C3=S)cc(C)c2C)cc1. The number of methoxy groups -OCH3 is 1. The quantitative estimate of drug-likeness (QED) is 0.231. The minimum atomic E-state index is -0.509. The van der Waals surface area contributed by atoms with Crippen LogP contribution < -0.4 is 4.74 Å². The zero-order chi connectivity index (χ0) is 26.4. The van der Waals surface area contributed by atoms with Gasteiger partial charge in [-0.05, 0) is 80.4 Å². The van der Waals surface area contributed by atoms with Crippen LogP contribution in [0.25, 0.3) is 5.69 Å². The number of hydrogen-bond acceptors (Lipinski definition) is 4. The Labute approximate surface area is 220 Å². The van der Waals surface area contributed by atoms with Crippen molar-refractivity contribution in [2.45, 2.75) is 27.3 Å². The van der Waals surface area contributed by atoms with E-state index in [-0.39, 0.29) is 23.8 Å². The van der Waals surface area contributed by atoms with Gasteiger partial charge in [0.2, 0.25) is 0 Å². The molecule has 5 rings (SSSR count). The maximum Gasteiger partial charge on any atom is 0.260 e. The first-order valence-corrected chi connectivity index (χ1v) is 12.2. The molecule has 1 aliphatic rings. The van der Waals surface area contributed by atoms with E-state index in [2.05, 4.69) is 0 Å². The van der Waals surface area contributed by atoms with Gasteiger partial charge in [0.05, 0.1) is 24.9 Å². The molecule has 0 unspecified atom stereocenters. The molecule has 0 radical (unpaired) electrons. The van der Waals surface area contributed by atoms with Crippen molar-refractivity contribution in [3.05, 3.63) is 117 Å². The molecule has 186 valence electrons. The first-order chi connectivity index (χ1) is 17.7. The van der Waals surface area contributed by atoms with E-state index < -0.39 is 5.82 Å². The van der Waals surface area contributed by atoms with Gasteiger partial charge in [0.15, 0.2) is 5.78 Å². The lowest BCUT2D eigenvalue weighted by Crippen LogP contribution is -2.29. The molecule has 37 heavy (non-hydrogen) atoms. The Morgan fingerprint density at radius 2 is 1.70 bits per heavy atom. The number of halogens is 1. The molecule has 5 nitrogen and oxygen atoms in total. The number of carbonyl (C=O) groups excluding carboxylic acids is 2. The van der Waals surface area contributed by atoms with Gasteiger partial charge in [-0.1, -0.05) is 30.4 Å². The van der Waals surface area contributed by atoms with Crippen molar-refractivity contribution in [3.63, 3.8) is 0 Å². The molecule has 2 heterocycles. The zero-order valence-electron chi connectivity index (χ0n) is 21.0. The fourth-order valence-corrected chi connectivity index (χ4v) is 5.17. The molecule has 1 aliphatic heterocycles. The summed E-state index contributed by atoms with van der Waals surface area (Å²) in [7, 11) is 1.55. The van der Waals surface area contributed by atoms with Gasteiger partial charge in [-0.25, -0.2) is 4.39 Å². The average molecular weight is 513 g/mol. The van der Waals surface area contributed by atoms with Crippen LogP contribution in [0.15, 0.2) is 66.7 Å². The summed E-state index contributed by atoms with van der Waals surface area (Å²) in [6.07, 6.45) is 0. The molecule has 0 aliphatic carbocycles. The van der Waals surface area contributed by atoms with Crippen LogP contribution in [0.4, 0.5) is 4.39 Å². The third-order valence-electron chi connectivity index (χ3n) is 6.90. The van der Waals surface area contributed by atoms with Crippen LogP contribution in [-0.2, 0) is 6.54 Å².